The van der Waals surface area contributed by atoms with Gasteiger partial charge in [0.2, 0.25) is 0 Å². The zero-order valence-electron chi connectivity index (χ0n) is 18.1. The molecule has 0 unspecified atom stereocenters. The number of hydrogen-bond donors (Lipinski definition) is 0. The van der Waals surface area contributed by atoms with Crippen molar-refractivity contribution in [3.63, 3.8) is 0 Å². The SMILES string of the molecule is C[C](C)=[Zr+2].C[Si](C)(C)O[Si](C)(C)C1=CC[C-]=C1.[Cl-].[Cl-].c1ccc2[cH-]ccc2c1. The molecule has 0 fully saturated rings. The molecule has 2 aromatic rings. The van der Waals surface area contributed by atoms with Crippen molar-refractivity contribution in [3.8, 4) is 0 Å². The molecule has 0 radical (unpaired) electrons. The van der Waals surface area contributed by atoms with Gasteiger partial charge >= 0.3 is 41.3 Å². The fraction of sp³-hybridized carbons (Fsp3) is 0.364. The molecule has 6 heteroatoms. The Bertz CT molecular complexity index is 740. The molecule has 0 N–H and O–H groups in total. The summed E-state index contributed by atoms with van der Waals surface area (Å²) in [5, 5.41) is 4.07. The van der Waals surface area contributed by atoms with Crippen molar-refractivity contribution in [1.82, 2.24) is 0 Å². The van der Waals surface area contributed by atoms with Crippen LogP contribution >= 0.6 is 0 Å². The summed E-state index contributed by atoms with van der Waals surface area (Å²) in [6.45, 7) is 15.6. The summed E-state index contributed by atoms with van der Waals surface area (Å²) in [6.07, 6.45) is 8.56. The van der Waals surface area contributed by atoms with Gasteiger partial charge in [0.25, 0.3) is 0 Å². The van der Waals surface area contributed by atoms with Crippen molar-refractivity contribution < 1.29 is 53.2 Å². The van der Waals surface area contributed by atoms with Crippen LogP contribution in [0.5, 0.6) is 0 Å². The molecule has 0 bridgehead atoms. The molecular formula is C22H32Cl2OSi2Zr-2. The number of halogens is 2. The predicted octanol–water partition coefficient (Wildman–Crippen LogP) is 0.584. The summed E-state index contributed by atoms with van der Waals surface area (Å²) in [5.41, 5.74) is 0. The molecule has 3 rings (SSSR count). The average molecular weight is 531 g/mol. The van der Waals surface area contributed by atoms with Crippen LogP contribution < -0.4 is 24.8 Å². The van der Waals surface area contributed by atoms with Crippen LogP contribution in [-0.4, -0.2) is 19.8 Å². The van der Waals surface area contributed by atoms with Gasteiger partial charge in [0.05, 0.1) is 0 Å². The third kappa shape index (κ3) is 12.6. The molecule has 0 aliphatic heterocycles. The van der Waals surface area contributed by atoms with Gasteiger partial charge in [-0.1, -0.05) is 19.2 Å². The van der Waals surface area contributed by atoms with Crippen molar-refractivity contribution >= 4 is 30.6 Å². The van der Waals surface area contributed by atoms with Gasteiger partial charge in [0.1, 0.15) is 8.32 Å². The Morgan fingerprint density at radius 3 is 2.07 bits per heavy atom. The van der Waals surface area contributed by atoms with Crippen LogP contribution in [0, 0.1) is 6.08 Å². The Kier molecular flexibility index (Phi) is 15.2. The standard InChI is InChI=1S/C10H19OSi2.C9H7.C3H6.2ClH.Zr/c1-12(2,3)11-13(4,5)10-8-6-7-9-10;1-2-5-9-7-3-6-8(9)4-1;1-3-2;;;/h8-9H,6H2,1-5H3;1-7H;1-2H3;2*1H;/q2*-1;;;;+2/p-2. The van der Waals surface area contributed by atoms with Crippen LogP contribution in [0.3, 0.4) is 0 Å². The minimum Gasteiger partial charge on any atom is -1.00 e. The van der Waals surface area contributed by atoms with Crippen molar-refractivity contribution in [2.45, 2.75) is 53.0 Å². The van der Waals surface area contributed by atoms with Gasteiger partial charge in [0, 0.05) is 0 Å². The van der Waals surface area contributed by atoms with E-state index < -0.39 is 16.6 Å². The smallest absolute Gasteiger partial charge is 0.169 e. The van der Waals surface area contributed by atoms with E-state index in [0.29, 0.717) is 0 Å². The molecule has 2 aromatic carbocycles. The summed E-state index contributed by atoms with van der Waals surface area (Å²) in [4.78, 5) is 0. The Hall–Kier alpha value is 0.0369. The van der Waals surface area contributed by atoms with E-state index in [9.17, 15) is 0 Å². The van der Waals surface area contributed by atoms with Gasteiger partial charge in [-0.15, -0.1) is 36.1 Å². The van der Waals surface area contributed by atoms with Crippen LogP contribution in [-0.2, 0) is 28.4 Å². The summed E-state index contributed by atoms with van der Waals surface area (Å²) >= 11 is 1.55. The van der Waals surface area contributed by atoms with Crippen LogP contribution in [0.1, 0.15) is 20.3 Å². The molecule has 154 valence electrons. The molecule has 0 atom stereocenters. The van der Waals surface area contributed by atoms with E-state index in [2.05, 4.69) is 107 Å². The maximum atomic E-state index is 6.25. The number of fused-ring (bicyclic) bond motifs is 1. The summed E-state index contributed by atoms with van der Waals surface area (Å²) in [7, 11) is -2.99. The number of benzene rings is 1. The maximum Gasteiger partial charge on any atom is 0.169 e. The Morgan fingerprint density at radius 1 is 1.04 bits per heavy atom. The molecule has 1 aliphatic carbocycles. The fourth-order valence-corrected chi connectivity index (χ4v) is 10.3. The van der Waals surface area contributed by atoms with Gasteiger partial charge in [-0.05, 0) is 19.6 Å². The van der Waals surface area contributed by atoms with Crippen LogP contribution in [0.25, 0.3) is 10.8 Å². The second-order valence-corrected chi connectivity index (χ2v) is 19.2. The van der Waals surface area contributed by atoms with Crippen molar-refractivity contribution in [2.75, 3.05) is 0 Å². The first-order valence-corrected chi connectivity index (χ1v) is 16.7. The Balaban J connectivity index is 0. The number of hydrogen-bond acceptors (Lipinski definition) is 1. The van der Waals surface area contributed by atoms with E-state index >= 15 is 0 Å². The van der Waals surface area contributed by atoms with E-state index in [-0.39, 0.29) is 24.8 Å². The zero-order valence-corrected chi connectivity index (χ0v) is 24.0. The third-order valence-corrected chi connectivity index (χ3v) is 9.73. The molecule has 0 aromatic heterocycles. The molecule has 0 saturated heterocycles. The molecule has 0 saturated carbocycles. The predicted molar refractivity (Wildman–Crippen MR) is 118 cm³/mol. The first kappa shape index (κ1) is 30.2. The van der Waals surface area contributed by atoms with Gasteiger partial charge in [-0.3, -0.25) is 6.08 Å². The van der Waals surface area contributed by atoms with Gasteiger partial charge in [-0.25, -0.2) is 6.08 Å². The first-order chi connectivity index (χ1) is 12.0. The van der Waals surface area contributed by atoms with Crippen molar-refractivity contribution in [3.05, 3.63) is 65.9 Å². The molecule has 1 nitrogen and oxygen atoms in total. The quantitative estimate of drug-likeness (QED) is 0.417. The second kappa shape index (κ2) is 14.1. The van der Waals surface area contributed by atoms with E-state index in [1.54, 1.807) is 24.2 Å². The van der Waals surface area contributed by atoms with E-state index in [1.807, 2.05) is 0 Å². The number of rotatable bonds is 3. The molecular weight excluding hydrogens is 499 g/mol. The molecule has 1 aliphatic rings. The monoisotopic (exact) mass is 528 g/mol. The number of allylic oxidation sites excluding steroid dienone is 4. The van der Waals surface area contributed by atoms with Crippen LogP contribution in [0.4, 0.5) is 0 Å². The normalized spacial score (nSPS) is 12.5. The van der Waals surface area contributed by atoms with E-state index in [4.69, 9.17) is 4.12 Å². The Labute approximate surface area is 201 Å². The van der Waals surface area contributed by atoms with Crippen LogP contribution in [0.15, 0.2) is 59.8 Å². The largest absolute Gasteiger partial charge is 1.00 e. The maximum absolute atomic E-state index is 6.25. The van der Waals surface area contributed by atoms with Crippen LogP contribution in [0.2, 0.25) is 32.7 Å². The van der Waals surface area contributed by atoms with E-state index in [0.717, 1.165) is 6.42 Å². The fourth-order valence-electron chi connectivity index (χ4n) is 2.71. The van der Waals surface area contributed by atoms with Gasteiger partial charge in [-0.2, -0.15) is 28.8 Å². The van der Waals surface area contributed by atoms with Crippen molar-refractivity contribution in [2.24, 2.45) is 0 Å². The molecule has 0 spiro atoms. The minimum absolute atomic E-state index is 0. The summed E-state index contributed by atoms with van der Waals surface area (Å²) < 4.78 is 7.75. The second-order valence-electron chi connectivity index (χ2n) is 8.09. The summed E-state index contributed by atoms with van der Waals surface area (Å²) in [6, 6.07) is 14.7. The summed E-state index contributed by atoms with van der Waals surface area (Å²) in [5.74, 6) is 0. The van der Waals surface area contributed by atoms with E-state index in [1.165, 1.54) is 19.2 Å². The van der Waals surface area contributed by atoms with Gasteiger partial charge in [0.15, 0.2) is 8.32 Å². The first-order valence-electron chi connectivity index (χ1n) is 9.11. The van der Waals surface area contributed by atoms with Crippen molar-refractivity contribution in [1.29, 1.82) is 0 Å². The molecule has 28 heavy (non-hydrogen) atoms. The molecule has 0 heterocycles. The topological polar surface area (TPSA) is 9.23 Å². The minimum atomic E-state index is -1.60. The third-order valence-electron chi connectivity index (χ3n) is 3.50. The Morgan fingerprint density at radius 2 is 1.61 bits per heavy atom. The van der Waals surface area contributed by atoms with Gasteiger partial charge < -0.3 is 28.9 Å². The average Bonchev–Trinajstić information content (AvgIpc) is 3.17. The molecule has 0 amide bonds. The zero-order chi connectivity index (χ0) is 19.8.